The van der Waals surface area contributed by atoms with Crippen molar-refractivity contribution >= 4 is 34.6 Å². The number of halogens is 2. The molecule has 2 aromatic carbocycles. The molecular formula is C15H15ClFN3O. The van der Waals surface area contributed by atoms with Crippen LogP contribution in [0.5, 0.6) is 0 Å². The Morgan fingerprint density at radius 1 is 1.29 bits per heavy atom. The van der Waals surface area contributed by atoms with E-state index in [4.69, 9.17) is 17.3 Å². The zero-order valence-corrected chi connectivity index (χ0v) is 12.2. The molecule has 21 heavy (non-hydrogen) atoms. The topological polar surface area (TPSA) is 67.2 Å². The van der Waals surface area contributed by atoms with Crippen molar-refractivity contribution in [2.75, 3.05) is 17.6 Å². The maximum absolute atomic E-state index is 13.4. The van der Waals surface area contributed by atoms with Crippen LogP contribution in [0.3, 0.4) is 0 Å². The Balaban J connectivity index is 2.21. The molecule has 2 aromatic rings. The summed E-state index contributed by atoms with van der Waals surface area (Å²) in [4.78, 5) is 11.7. The zero-order valence-electron chi connectivity index (χ0n) is 11.4. The summed E-state index contributed by atoms with van der Waals surface area (Å²) in [7, 11) is 0. The van der Waals surface area contributed by atoms with E-state index in [1.54, 1.807) is 24.3 Å². The minimum atomic E-state index is -0.515. The van der Waals surface area contributed by atoms with Gasteiger partial charge in [0.2, 0.25) is 0 Å². The molecule has 0 fully saturated rings. The second-order valence-corrected chi connectivity index (χ2v) is 4.82. The van der Waals surface area contributed by atoms with Crippen molar-refractivity contribution in [3.05, 3.63) is 52.8 Å². The number of nitrogens with two attached hydrogens (primary N) is 1. The van der Waals surface area contributed by atoms with Crippen molar-refractivity contribution in [1.82, 2.24) is 5.32 Å². The average molecular weight is 308 g/mol. The minimum Gasteiger partial charge on any atom is -0.397 e. The van der Waals surface area contributed by atoms with E-state index < -0.39 is 5.82 Å². The van der Waals surface area contributed by atoms with Gasteiger partial charge in [0.25, 0.3) is 5.91 Å². The van der Waals surface area contributed by atoms with Gasteiger partial charge in [-0.15, -0.1) is 0 Å². The van der Waals surface area contributed by atoms with E-state index in [0.29, 0.717) is 29.2 Å². The van der Waals surface area contributed by atoms with E-state index in [1.165, 1.54) is 12.1 Å². The lowest BCUT2D eigenvalue weighted by molar-refractivity contribution is 0.0956. The first-order chi connectivity index (χ1) is 10.0. The number of nitrogen functional groups attached to an aromatic ring is 1. The molecule has 0 aliphatic carbocycles. The van der Waals surface area contributed by atoms with Gasteiger partial charge < -0.3 is 16.4 Å². The molecule has 4 nitrogen and oxygen atoms in total. The first kappa shape index (κ1) is 15.1. The highest BCUT2D eigenvalue weighted by Gasteiger charge is 2.08. The molecule has 0 radical (unpaired) electrons. The van der Waals surface area contributed by atoms with Crippen LogP contribution >= 0.6 is 11.6 Å². The SMILES string of the molecule is CCNC(=O)c1ccc(Nc2ccc(Cl)c(F)c2)c(N)c1. The normalized spacial score (nSPS) is 10.2. The number of anilines is 3. The predicted molar refractivity (Wildman–Crippen MR) is 83.6 cm³/mol. The molecule has 1 amide bonds. The van der Waals surface area contributed by atoms with Gasteiger partial charge in [0.05, 0.1) is 16.4 Å². The Morgan fingerprint density at radius 3 is 2.67 bits per heavy atom. The maximum atomic E-state index is 13.4. The van der Waals surface area contributed by atoms with Gasteiger partial charge in [0.1, 0.15) is 5.82 Å². The lowest BCUT2D eigenvalue weighted by atomic mass is 10.1. The van der Waals surface area contributed by atoms with Gasteiger partial charge in [0.15, 0.2) is 0 Å². The molecule has 0 saturated carbocycles. The molecule has 0 unspecified atom stereocenters. The Morgan fingerprint density at radius 2 is 2.05 bits per heavy atom. The quantitative estimate of drug-likeness (QED) is 0.757. The fourth-order valence-corrected chi connectivity index (χ4v) is 1.93. The molecule has 0 aliphatic rings. The highest BCUT2D eigenvalue weighted by atomic mass is 35.5. The van der Waals surface area contributed by atoms with Gasteiger partial charge >= 0.3 is 0 Å². The second-order valence-electron chi connectivity index (χ2n) is 4.42. The maximum Gasteiger partial charge on any atom is 0.251 e. The summed E-state index contributed by atoms with van der Waals surface area (Å²) in [6.45, 7) is 2.38. The van der Waals surface area contributed by atoms with E-state index in [-0.39, 0.29) is 10.9 Å². The first-order valence-corrected chi connectivity index (χ1v) is 6.79. The smallest absolute Gasteiger partial charge is 0.251 e. The van der Waals surface area contributed by atoms with E-state index in [2.05, 4.69) is 10.6 Å². The Kier molecular flexibility index (Phi) is 4.65. The van der Waals surface area contributed by atoms with Gasteiger partial charge in [-0.25, -0.2) is 4.39 Å². The standard InChI is InChI=1S/C15H15ClFN3O/c1-2-19-15(21)9-3-6-14(13(18)7-9)20-10-4-5-11(16)12(17)8-10/h3-8,20H,2,18H2,1H3,(H,19,21). The average Bonchev–Trinajstić information content (AvgIpc) is 2.45. The van der Waals surface area contributed by atoms with Crippen LogP contribution in [0.15, 0.2) is 36.4 Å². The molecular weight excluding hydrogens is 293 g/mol. The summed E-state index contributed by atoms with van der Waals surface area (Å²) in [5.41, 5.74) is 7.89. The number of rotatable bonds is 4. The van der Waals surface area contributed by atoms with Crippen molar-refractivity contribution < 1.29 is 9.18 Å². The van der Waals surface area contributed by atoms with Crippen LogP contribution in [0.1, 0.15) is 17.3 Å². The number of hydrogen-bond acceptors (Lipinski definition) is 3. The summed E-state index contributed by atoms with van der Waals surface area (Å²) in [5.74, 6) is -0.701. The number of benzene rings is 2. The molecule has 0 saturated heterocycles. The van der Waals surface area contributed by atoms with Crippen molar-refractivity contribution in [1.29, 1.82) is 0 Å². The highest BCUT2D eigenvalue weighted by Crippen LogP contribution is 2.26. The minimum absolute atomic E-state index is 0.0557. The van der Waals surface area contributed by atoms with E-state index >= 15 is 0 Å². The molecule has 0 heterocycles. The van der Waals surface area contributed by atoms with Gasteiger partial charge in [-0.2, -0.15) is 0 Å². The third-order valence-corrected chi connectivity index (χ3v) is 3.16. The summed E-state index contributed by atoms with van der Waals surface area (Å²) in [6, 6.07) is 9.27. The molecule has 0 bridgehead atoms. The Bertz CT molecular complexity index is 676. The Hall–Kier alpha value is -2.27. The molecule has 6 heteroatoms. The molecule has 110 valence electrons. The van der Waals surface area contributed by atoms with E-state index in [9.17, 15) is 9.18 Å². The van der Waals surface area contributed by atoms with Crippen LogP contribution in [0.2, 0.25) is 5.02 Å². The lowest BCUT2D eigenvalue weighted by Crippen LogP contribution is -2.22. The molecule has 0 aromatic heterocycles. The summed E-state index contributed by atoms with van der Waals surface area (Å²) in [6.07, 6.45) is 0. The lowest BCUT2D eigenvalue weighted by Gasteiger charge is -2.11. The van der Waals surface area contributed by atoms with Crippen molar-refractivity contribution in [3.8, 4) is 0 Å². The van der Waals surface area contributed by atoms with Crippen molar-refractivity contribution in [2.45, 2.75) is 6.92 Å². The van der Waals surface area contributed by atoms with Crippen LogP contribution < -0.4 is 16.4 Å². The third kappa shape index (κ3) is 3.64. The number of carbonyl (C=O) groups excluding carboxylic acids is 1. The third-order valence-electron chi connectivity index (χ3n) is 2.85. The summed E-state index contributed by atoms with van der Waals surface area (Å²) < 4.78 is 13.4. The number of amides is 1. The number of hydrogen-bond donors (Lipinski definition) is 3. The van der Waals surface area contributed by atoms with Crippen LogP contribution in [0.25, 0.3) is 0 Å². The largest absolute Gasteiger partial charge is 0.397 e. The van der Waals surface area contributed by atoms with E-state index in [0.717, 1.165) is 0 Å². The highest BCUT2D eigenvalue weighted by molar-refractivity contribution is 6.30. The van der Waals surface area contributed by atoms with Crippen LogP contribution in [0, 0.1) is 5.82 Å². The monoisotopic (exact) mass is 307 g/mol. The fraction of sp³-hybridized carbons (Fsp3) is 0.133. The fourth-order valence-electron chi connectivity index (χ4n) is 1.81. The van der Waals surface area contributed by atoms with Crippen LogP contribution in [-0.4, -0.2) is 12.5 Å². The van der Waals surface area contributed by atoms with Crippen molar-refractivity contribution in [2.24, 2.45) is 0 Å². The molecule has 4 N–H and O–H groups in total. The number of nitrogens with one attached hydrogen (secondary N) is 2. The van der Waals surface area contributed by atoms with Crippen molar-refractivity contribution in [3.63, 3.8) is 0 Å². The van der Waals surface area contributed by atoms with Gasteiger partial charge in [0, 0.05) is 17.8 Å². The Labute approximate surface area is 127 Å². The van der Waals surface area contributed by atoms with Gasteiger partial charge in [-0.3, -0.25) is 4.79 Å². The zero-order chi connectivity index (χ0) is 15.4. The van der Waals surface area contributed by atoms with Crippen LogP contribution in [0.4, 0.5) is 21.5 Å². The predicted octanol–water partition coefficient (Wildman–Crippen LogP) is 3.55. The second kappa shape index (κ2) is 6.45. The first-order valence-electron chi connectivity index (χ1n) is 6.41. The van der Waals surface area contributed by atoms with E-state index in [1.807, 2.05) is 6.92 Å². The molecule has 0 aliphatic heterocycles. The van der Waals surface area contributed by atoms with Gasteiger partial charge in [-0.05, 0) is 43.3 Å². The summed E-state index contributed by atoms with van der Waals surface area (Å²) >= 11 is 5.63. The number of carbonyl (C=O) groups is 1. The van der Waals surface area contributed by atoms with Crippen LogP contribution in [-0.2, 0) is 0 Å². The van der Waals surface area contributed by atoms with Gasteiger partial charge in [-0.1, -0.05) is 11.6 Å². The molecule has 2 rings (SSSR count). The molecule has 0 spiro atoms. The summed E-state index contributed by atoms with van der Waals surface area (Å²) in [5, 5.41) is 5.73. The molecule has 0 atom stereocenters.